The molecule has 0 rings (SSSR count). The molecule has 0 amide bonds. The van der Waals surface area contributed by atoms with Gasteiger partial charge in [0.15, 0.2) is 0 Å². The van der Waals surface area contributed by atoms with E-state index in [2.05, 4.69) is 13.5 Å². The van der Waals surface area contributed by atoms with Crippen LogP contribution in [0.1, 0.15) is 78.1 Å². The first-order valence-corrected chi connectivity index (χ1v) is 7.49. The van der Waals surface area contributed by atoms with Gasteiger partial charge in [-0.15, -0.1) is 0 Å². The summed E-state index contributed by atoms with van der Waals surface area (Å²) in [6.07, 6.45) is 13.8. The van der Waals surface area contributed by atoms with Crippen LogP contribution in [0.25, 0.3) is 0 Å². The van der Waals surface area contributed by atoms with Crippen molar-refractivity contribution in [3.63, 3.8) is 0 Å². The summed E-state index contributed by atoms with van der Waals surface area (Å²) in [7, 11) is 0. The van der Waals surface area contributed by atoms with E-state index in [0.717, 1.165) is 18.8 Å². The van der Waals surface area contributed by atoms with Gasteiger partial charge in [-0.05, 0) is 13.3 Å². The molecule has 2 heteroatoms. The molecule has 0 saturated heterocycles. The van der Waals surface area contributed by atoms with Gasteiger partial charge in [0.05, 0.1) is 6.61 Å². The topological polar surface area (TPSA) is 9.23 Å². The van der Waals surface area contributed by atoms with Gasteiger partial charge in [0.1, 0.15) is 0 Å². The fraction of sp³-hybridized carbons (Fsp3) is 0.875. The fourth-order valence-electron chi connectivity index (χ4n) is 1.94. The molecule has 0 radical (unpaired) electrons. The molecular formula is C16H33NaO. The summed E-state index contributed by atoms with van der Waals surface area (Å²) in [5.74, 6) is 0. The molecule has 0 aliphatic carbocycles. The van der Waals surface area contributed by atoms with Gasteiger partial charge in [-0.25, -0.2) is 0 Å². The summed E-state index contributed by atoms with van der Waals surface area (Å²) >= 11 is 0. The van der Waals surface area contributed by atoms with E-state index in [0.29, 0.717) is 0 Å². The fourth-order valence-corrected chi connectivity index (χ4v) is 1.94. The van der Waals surface area contributed by atoms with Crippen molar-refractivity contribution in [2.75, 3.05) is 13.2 Å². The molecule has 0 aromatic rings. The Hall–Kier alpha value is 0.700. The molecule has 0 aliphatic rings. The Bertz CT molecular complexity index is 168. The van der Waals surface area contributed by atoms with Crippen LogP contribution in [0.2, 0.25) is 0 Å². The zero-order valence-electron chi connectivity index (χ0n) is 12.1. The maximum atomic E-state index is 5.47. The summed E-state index contributed by atoms with van der Waals surface area (Å²) in [6.45, 7) is 9.74. The Morgan fingerprint density at radius 2 is 1.28 bits per heavy atom. The Balaban J connectivity index is 0. The van der Waals surface area contributed by atoms with Crippen molar-refractivity contribution >= 4 is 29.6 Å². The second-order valence-corrected chi connectivity index (χ2v) is 5.19. The first kappa shape index (κ1) is 21.0. The normalized spacial score (nSPS) is 10.1. The zero-order valence-corrected chi connectivity index (χ0v) is 12.1. The second kappa shape index (κ2) is 17.7. The molecule has 0 spiro atoms. The molecule has 0 N–H and O–H groups in total. The number of hydrogen-bond acceptors (Lipinski definition) is 1. The molecular weight excluding hydrogens is 231 g/mol. The van der Waals surface area contributed by atoms with Crippen LogP contribution in [0.5, 0.6) is 0 Å². The summed E-state index contributed by atoms with van der Waals surface area (Å²) in [6, 6.07) is 0. The van der Waals surface area contributed by atoms with Crippen molar-refractivity contribution in [3.05, 3.63) is 12.2 Å². The molecule has 0 aliphatic heterocycles. The van der Waals surface area contributed by atoms with E-state index in [1.54, 1.807) is 0 Å². The van der Waals surface area contributed by atoms with Gasteiger partial charge in [-0.3, -0.25) is 0 Å². The van der Waals surface area contributed by atoms with Crippen LogP contribution in [-0.4, -0.2) is 42.8 Å². The quantitative estimate of drug-likeness (QED) is 0.262. The Morgan fingerprint density at radius 3 is 1.72 bits per heavy atom. The molecule has 0 fully saturated rings. The van der Waals surface area contributed by atoms with E-state index in [1.165, 1.54) is 64.2 Å². The van der Waals surface area contributed by atoms with Gasteiger partial charge in [-0.2, -0.15) is 0 Å². The molecule has 18 heavy (non-hydrogen) atoms. The van der Waals surface area contributed by atoms with Gasteiger partial charge in [-0.1, -0.05) is 76.9 Å². The first-order chi connectivity index (χ1) is 8.27. The molecule has 0 bridgehead atoms. The van der Waals surface area contributed by atoms with Gasteiger partial charge >= 0.3 is 29.6 Å². The number of unbranched alkanes of at least 4 members (excludes halogenated alkanes) is 9. The maximum absolute atomic E-state index is 5.47. The third-order valence-electron chi connectivity index (χ3n) is 2.99. The third-order valence-corrected chi connectivity index (χ3v) is 2.99. The molecule has 1 nitrogen and oxygen atoms in total. The third kappa shape index (κ3) is 19.0. The van der Waals surface area contributed by atoms with E-state index in [9.17, 15) is 0 Å². The molecule has 0 unspecified atom stereocenters. The van der Waals surface area contributed by atoms with Crippen molar-refractivity contribution in [2.24, 2.45) is 0 Å². The molecule has 0 atom stereocenters. The van der Waals surface area contributed by atoms with Gasteiger partial charge in [0, 0.05) is 6.61 Å². The molecule has 0 aromatic carbocycles. The van der Waals surface area contributed by atoms with Gasteiger partial charge < -0.3 is 4.74 Å². The summed E-state index contributed by atoms with van der Waals surface area (Å²) < 4.78 is 5.47. The SMILES string of the molecule is C=C(C)COCCCCCCCCCCCC.[NaH]. The standard InChI is InChI=1S/C16H32O.Na.H/c1-4-5-6-7-8-9-10-11-12-13-14-17-15-16(2)3;;/h2,4-15H2,1,3H3;;. The van der Waals surface area contributed by atoms with E-state index in [1.807, 2.05) is 6.92 Å². The van der Waals surface area contributed by atoms with Crippen molar-refractivity contribution in [3.8, 4) is 0 Å². The van der Waals surface area contributed by atoms with Crippen molar-refractivity contribution in [2.45, 2.75) is 78.1 Å². The zero-order chi connectivity index (χ0) is 12.8. The van der Waals surface area contributed by atoms with E-state index in [4.69, 9.17) is 4.74 Å². The van der Waals surface area contributed by atoms with Crippen molar-refractivity contribution < 1.29 is 4.74 Å². The Labute approximate surface area is 137 Å². The van der Waals surface area contributed by atoms with E-state index in [-0.39, 0.29) is 29.6 Å². The number of rotatable bonds is 13. The summed E-state index contributed by atoms with van der Waals surface area (Å²) in [4.78, 5) is 0. The van der Waals surface area contributed by atoms with Crippen LogP contribution >= 0.6 is 0 Å². The Kier molecular flexibility index (Phi) is 20.7. The predicted molar refractivity (Wildman–Crippen MR) is 84.6 cm³/mol. The molecule has 0 saturated carbocycles. The van der Waals surface area contributed by atoms with Crippen LogP contribution in [0.4, 0.5) is 0 Å². The Morgan fingerprint density at radius 1 is 0.833 bits per heavy atom. The molecule has 0 heterocycles. The van der Waals surface area contributed by atoms with Crippen LogP contribution < -0.4 is 0 Å². The minimum absolute atomic E-state index is 0. The number of hydrogen-bond donors (Lipinski definition) is 0. The van der Waals surface area contributed by atoms with Gasteiger partial charge in [0.25, 0.3) is 0 Å². The minimum atomic E-state index is 0. The summed E-state index contributed by atoms with van der Waals surface area (Å²) in [5.41, 5.74) is 1.12. The average molecular weight is 264 g/mol. The van der Waals surface area contributed by atoms with Crippen molar-refractivity contribution in [1.29, 1.82) is 0 Å². The van der Waals surface area contributed by atoms with Gasteiger partial charge in [0.2, 0.25) is 0 Å². The van der Waals surface area contributed by atoms with Crippen LogP contribution in [-0.2, 0) is 4.74 Å². The molecule has 0 aromatic heterocycles. The van der Waals surface area contributed by atoms with Crippen LogP contribution in [0.3, 0.4) is 0 Å². The predicted octanol–water partition coefficient (Wildman–Crippen LogP) is 4.85. The van der Waals surface area contributed by atoms with Crippen LogP contribution in [0.15, 0.2) is 12.2 Å². The van der Waals surface area contributed by atoms with Crippen molar-refractivity contribution in [1.82, 2.24) is 0 Å². The first-order valence-electron chi connectivity index (χ1n) is 7.49. The summed E-state index contributed by atoms with van der Waals surface area (Å²) in [5, 5.41) is 0. The van der Waals surface area contributed by atoms with E-state index < -0.39 is 0 Å². The monoisotopic (exact) mass is 264 g/mol. The number of ether oxygens (including phenoxy) is 1. The second-order valence-electron chi connectivity index (χ2n) is 5.19. The van der Waals surface area contributed by atoms with E-state index >= 15 is 0 Å². The average Bonchev–Trinajstić information content (AvgIpc) is 2.30. The van der Waals surface area contributed by atoms with Crippen LogP contribution in [0, 0.1) is 0 Å². The molecule has 104 valence electrons.